The fraction of sp³-hybridized carbons (Fsp3) is 0.538. The summed E-state index contributed by atoms with van der Waals surface area (Å²) in [6.07, 6.45) is 0. The normalized spacial score (nSPS) is 11.5. The Morgan fingerprint density at radius 1 is 1.30 bits per heavy atom. The number of aromatic nitrogens is 4. The zero-order valence-electron chi connectivity index (χ0n) is 12.1. The van der Waals surface area contributed by atoms with Gasteiger partial charge in [0, 0.05) is 6.54 Å². The summed E-state index contributed by atoms with van der Waals surface area (Å²) < 4.78 is 1.52. The fourth-order valence-electron chi connectivity index (χ4n) is 1.81. The van der Waals surface area contributed by atoms with Crippen LogP contribution in [0.1, 0.15) is 39.3 Å². The van der Waals surface area contributed by atoms with Crippen molar-refractivity contribution in [2.75, 3.05) is 5.73 Å². The molecule has 2 rings (SSSR count). The zero-order valence-corrected chi connectivity index (χ0v) is 12.9. The Labute approximate surface area is 121 Å². The van der Waals surface area contributed by atoms with Crippen molar-refractivity contribution in [3.63, 3.8) is 0 Å². The van der Waals surface area contributed by atoms with Crippen molar-refractivity contribution in [2.45, 2.75) is 40.2 Å². The van der Waals surface area contributed by atoms with Gasteiger partial charge in [-0.25, -0.2) is 4.68 Å². The summed E-state index contributed by atoms with van der Waals surface area (Å²) in [4.78, 5) is 12.5. The molecule has 0 fully saturated rings. The SMILES string of the molecule is CC(C)Cn1nc(C(C)C)cc(-c2nnc(N)s2)c1=O. The van der Waals surface area contributed by atoms with Gasteiger partial charge >= 0.3 is 0 Å². The van der Waals surface area contributed by atoms with E-state index in [9.17, 15) is 4.79 Å². The van der Waals surface area contributed by atoms with Gasteiger partial charge in [0.15, 0.2) is 5.01 Å². The van der Waals surface area contributed by atoms with E-state index in [1.54, 1.807) is 6.07 Å². The number of hydrogen-bond acceptors (Lipinski definition) is 6. The zero-order chi connectivity index (χ0) is 14.9. The Kier molecular flexibility index (Phi) is 4.17. The van der Waals surface area contributed by atoms with Crippen LogP contribution in [0.4, 0.5) is 5.13 Å². The molecule has 0 saturated carbocycles. The lowest BCUT2D eigenvalue weighted by Gasteiger charge is -2.12. The minimum atomic E-state index is -0.140. The average molecular weight is 293 g/mol. The van der Waals surface area contributed by atoms with Gasteiger partial charge in [0.05, 0.1) is 11.3 Å². The lowest BCUT2D eigenvalue weighted by Crippen LogP contribution is -2.27. The third kappa shape index (κ3) is 3.04. The van der Waals surface area contributed by atoms with E-state index >= 15 is 0 Å². The van der Waals surface area contributed by atoms with Crippen LogP contribution in [0.15, 0.2) is 10.9 Å². The smallest absolute Gasteiger partial charge is 0.277 e. The van der Waals surface area contributed by atoms with E-state index in [1.165, 1.54) is 16.0 Å². The summed E-state index contributed by atoms with van der Waals surface area (Å²) in [5.41, 5.74) is 6.86. The molecule has 7 heteroatoms. The summed E-state index contributed by atoms with van der Waals surface area (Å²) in [6, 6.07) is 1.80. The van der Waals surface area contributed by atoms with E-state index < -0.39 is 0 Å². The number of anilines is 1. The monoisotopic (exact) mass is 293 g/mol. The summed E-state index contributed by atoms with van der Waals surface area (Å²) in [7, 11) is 0. The molecule has 2 heterocycles. The largest absolute Gasteiger partial charge is 0.374 e. The van der Waals surface area contributed by atoms with Gasteiger partial charge in [0.25, 0.3) is 5.56 Å². The maximum absolute atomic E-state index is 12.5. The van der Waals surface area contributed by atoms with E-state index in [-0.39, 0.29) is 11.5 Å². The first kappa shape index (κ1) is 14.6. The van der Waals surface area contributed by atoms with Gasteiger partial charge in [-0.05, 0) is 17.9 Å². The summed E-state index contributed by atoms with van der Waals surface area (Å²) >= 11 is 1.22. The van der Waals surface area contributed by atoms with Crippen LogP contribution in [0.3, 0.4) is 0 Å². The molecule has 0 spiro atoms. The first-order chi connectivity index (χ1) is 9.38. The molecule has 2 aromatic rings. The molecule has 0 aliphatic heterocycles. The summed E-state index contributed by atoms with van der Waals surface area (Å²) in [5, 5.41) is 13.1. The van der Waals surface area contributed by atoms with E-state index in [0.717, 1.165) is 5.69 Å². The van der Waals surface area contributed by atoms with Crippen molar-refractivity contribution in [1.82, 2.24) is 20.0 Å². The Morgan fingerprint density at radius 3 is 2.50 bits per heavy atom. The molecule has 0 atom stereocenters. The first-order valence-corrected chi connectivity index (χ1v) is 7.41. The highest BCUT2D eigenvalue weighted by Crippen LogP contribution is 2.23. The number of rotatable bonds is 4. The van der Waals surface area contributed by atoms with Gasteiger partial charge < -0.3 is 5.73 Å². The molecule has 0 aromatic carbocycles. The molecular formula is C13H19N5OS. The van der Waals surface area contributed by atoms with Crippen LogP contribution >= 0.6 is 11.3 Å². The Balaban J connectivity index is 2.60. The fourth-order valence-corrected chi connectivity index (χ4v) is 2.43. The Bertz CT molecular complexity index is 659. The minimum Gasteiger partial charge on any atom is -0.374 e. The van der Waals surface area contributed by atoms with Gasteiger partial charge in [-0.2, -0.15) is 5.10 Å². The van der Waals surface area contributed by atoms with E-state index in [0.29, 0.717) is 28.2 Å². The molecular weight excluding hydrogens is 274 g/mol. The molecule has 2 N–H and O–H groups in total. The first-order valence-electron chi connectivity index (χ1n) is 6.60. The van der Waals surface area contributed by atoms with Gasteiger partial charge in [-0.15, -0.1) is 10.2 Å². The summed E-state index contributed by atoms with van der Waals surface area (Å²) in [5.74, 6) is 0.577. The van der Waals surface area contributed by atoms with Gasteiger partial charge in [-0.1, -0.05) is 39.0 Å². The average Bonchev–Trinajstić information content (AvgIpc) is 2.77. The molecule has 2 aromatic heterocycles. The highest BCUT2D eigenvalue weighted by atomic mass is 32.1. The molecule has 0 saturated heterocycles. The van der Waals surface area contributed by atoms with Crippen LogP contribution in [0.25, 0.3) is 10.6 Å². The predicted octanol–water partition coefficient (Wildman–Crippen LogP) is 2.12. The topological polar surface area (TPSA) is 86.7 Å². The number of nitrogens with two attached hydrogens (primary N) is 1. The number of nitrogens with zero attached hydrogens (tertiary/aromatic N) is 4. The highest BCUT2D eigenvalue weighted by molar-refractivity contribution is 7.18. The lowest BCUT2D eigenvalue weighted by molar-refractivity contribution is 0.456. The molecule has 20 heavy (non-hydrogen) atoms. The van der Waals surface area contributed by atoms with E-state index in [2.05, 4.69) is 29.1 Å². The van der Waals surface area contributed by atoms with Crippen LogP contribution < -0.4 is 11.3 Å². The van der Waals surface area contributed by atoms with Crippen LogP contribution in [0.5, 0.6) is 0 Å². The maximum Gasteiger partial charge on any atom is 0.277 e. The van der Waals surface area contributed by atoms with Crippen molar-refractivity contribution >= 4 is 16.5 Å². The van der Waals surface area contributed by atoms with Crippen molar-refractivity contribution in [3.05, 3.63) is 22.1 Å². The number of nitrogen functional groups attached to an aromatic ring is 1. The van der Waals surface area contributed by atoms with Gasteiger partial charge in [-0.3, -0.25) is 4.79 Å². The highest BCUT2D eigenvalue weighted by Gasteiger charge is 2.16. The molecule has 108 valence electrons. The van der Waals surface area contributed by atoms with E-state index in [4.69, 9.17) is 5.73 Å². The van der Waals surface area contributed by atoms with Crippen molar-refractivity contribution in [3.8, 4) is 10.6 Å². The molecule has 0 aliphatic carbocycles. The van der Waals surface area contributed by atoms with Crippen molar-refractivity contribution in [1.29, 1.82) is 0 Å². The third-order valence-corrected chi connectivity index (χ3v) is 3.58. The van der Waals surface area contributed by atoms with Crippen LogP contribution in [-0.4, -0.2) is 20.0 Å². The second kappa shape index (κ2) is 5.70. The Morgan fingerprint density at radius 2 is 2.00 bits per heavy atom. The van der Waals surface area contributed by atoms with Gasteiger partial charge in [0.1, 0.15) is 0 Å². The molecule has 0 radical (unpaired) electrons. The second-order valence-corrected chi connectivity index (χ2v) is 6.47. The predicted molar refractivity (Wildman–Crippen MR) is 80.7 cm³/mol. The van der Waals surface area contributed by atoms with Crippen molar-refractivity contribution in [2.24, 2.45) is 5.92 Å². The molecule has 0 unspecified atom stereocenters. The molecule has 0 bridgehead atoms. The summed E-state index contributed by atoms with van der Waals surface area (Å²) in [6.45, 7) is 8.79. The number of hydrogen-bond donors (Lipinski definition) is 1. The van der Waals surface area contributed by atoms with Gasteiger partial charge in [0.2, 0.25) is 5.13 Å². The molecule has 0 amide bonds. The third-order valence-electron chi connectivity index (χ3n) is 2.79. The Hall–Kier alpha value is -1.76. The molecule has 0 aliphatic rings. The van der Waals surface area contributed by atoms with Crippen LogP contribution in [-0.2, 0) is 6.54 Å². The van der Waals surface area contributed by atoms with Crippen LogP contribution in [0, 0.1) is 5.92 Å². The molecule has 6 nitrogen and oxygen atoms in total. The van der Waals surface area contributed by atoms with E-state index in [1.807, 2.05) is 13.8 Å². The second-order valence-electron chi connectivity index (χ2n) is 5.46. The van der Waals surface area contributed by atoms with Crippen molar-refractivity contribution < 1.29 is 0 Å². The minimum absolute atomic E-state index is 0.140. The van der Waals surface area contributed by atoms with Crippen LogP contribution in [0.2, 0.25) is 0 Å². The standard InChI is InChI=1S/C13H19N5OS/c1-7(2)6-18-12(19)9(5-10(17-18)8(3)4)11-15-16-13(14)20-11/h5,7-8H,6H2,1-4H3,(H2,14,16). The lowest BCUT2D eigenvalue weighted by atomic mass is 10.1. The maximum atomic E-state index is 12.5. The quantitative estimate of drug-likeness (QED) is 0.933.